The number of imidazole rings is 1. The van der Waals surface area contributed by atoms with Gasteiger partial charge in [0.1, 0.15) is 5.82 Å². The summed E-state index contributed by atoms with van der Waals surface area (Å²) in [7, 11) is 0. The summed E-state index contributed by atoms with van der Waals surface area (Å²) in [6, 6.07) is 5.29. The first-order chi connectivity index (χ1) is 9.83. The van der Waals surface area contributed by atoms with Gasteiger partial charge in [-0.2, -0.15) is 0 Å². The van der Waals surface area contributed by atoms with Crippen molar-refractivity contribution in [3.05, 3.63) is 54.4 Å². The first-order valence-electron chi connectivity index (χ1n) is 6.30. The zero-order valence-electron chi connectivity index (χ0n) is 10.7. The number of aromatic nitrogens is 4. The number of rotatable bonds is 4. The van der Waals surface area contributed by atoms with E-state index < -0.39 is 0 Å². The lowest BCUT2D eigenvalue weighted by Crippen LogP contribution is -2.25. The van der Waals surface area contributed by atoms with Crippen LogP contribution in [0.25, 0.3) is 11.0 Å². The third-order valence-corrected chi connectivity index (χ3v) is 2.93. The van der Waals surface area contributed by atoms with Gasteiger partial charge in [-0.15, -0.1) is 0 Å². The van der Waals surface area contributed by atoms with Crippen LogP contribution in [-0.2, 0) is 6.42 Å². The molecule has 1 amide bonds. The van der Waals surface area contributed by atoms with Crippen LogP contribution >= 0.6 is 0 Å². The quantitative estimate of drug-likeness (QED) is 0.747. The Morgan fingerprint density at radius 1 is 1.10 bits per heavy atom. The Kier molecular flexibility index (Phi) is 3.36. The molecule has 2 aromatic heterocycles. The van der Waals surface area contributed by atoms with Gasteiger partial charge < -0.3 is 10.3 Å². The number of amides is 1. The number of hydrogen-bond donors (Lipinski definition) is 2. The second kappa shape index (κ2) is 5.48. The third-order valence-electron chi connectivity index (χ3n) is 2.93. The fraction of sp³-hybridized carbons (Fsp3) is 0.143. The van der Waals surface area contributed by atoms with Crippen LogP contribution in [0.1, 0.15) is 16.2 Å². The number of nitrogens with one attached hydrogen (secondary N) is 2. The zero-order chi connectivity index (χ0) is 13.8. The van der Waals surface area contributed by atoms with Crippen molar-refractivity contribution in [2.75, 3.05) is 6.54 Å². The van der Waals surface area contributed by atoms with Gasteiger partial charge in [-0.3, -0.25) is 14.8 Å². The average molecular weight is 267 g/mol. The molecule has 2 heterocycles. The van der Waals surface area contributed by atoms with Crippen LogP contribution in [0.5, 0.6) is 0 Å². The maximum atomic E-state index is 12.0. The summed E-state index contributed by atoms with van der Waals surface area (Å²) >= 11 is 0. The van der Waals surface area contributed by atoms with Crippen LogP contribution in [0.3, 0.4) is 0 Å². The second-order valence-corrected chi connectivity index (χ2v) is 4.30. The molecule has 0 atom stereocenters. The SMILES string of the molecule is O=C(NCCc1ncc[nH]1)c1ccc2nccnc2c1. The molecule has 3 rings (SSSR count). The highest BCUT2D eigenvalue weighted by Crippen LogP contribution is 2.10. The minimum Gasteiger partial charge on any atom is -0.352 e. The minimum atomic E-state index is -0.121. The van der Waals surface area contributed by atoms with E-state index in [1.165, 1.54) is 0 Å². The Labute approximate surface area is 115 Å². The summed E-state index contributed by atoms with van der Waals surface area (Å²) in [5, 5.41) is 2.85. The average Bonchev–Trinajstić information content (AvgIpc) is 3.00. The Balaban J connectivity index is 1.66. The number of aromatic amines is 1. The molecule has 0 fully saturated rings. The zero-order valence-corrected chi connectivity index (χ0v) is 10.7. The van der Waals surface area contributed by atoms with Crippen LogP contribution in [-0.4, -0.2) is 32.4 Å². The minimum absolute atomic E-state index is 0.121. The number of carbonyl (C=O) groups is 1. The first-order valence-corrected chi connectivity index (χ1v) is 6.30. The Morgan fingerprint density at radius 3 is 2.75 bits per heavy atom. The molecule has 0 aliphatic rings. The molecule has 6 heteroatoms. The normalized spacial score (nSPS) is 10.6. The van der Waals surface area contributed by atoms with Gasteiger partial charge in [-0.25, -0.2) is 4.98 Å². The van der Waals surface area contributed by atoms with E-state index in [0.29, 0.717) is 24.0 Å². The largest absolute Gasteiger partial charge is 0.352 e. The van der Waals surface area contributed by atoms with E-state index in [1.54, 1.807) is 43.0 Å². The van der Waals surface area contributed by atoms with Crippen LogP contribution in [0, 0.1) is 0 Å². The summed E-state index contributed by atoms with van der Waals surface area (Å²) < 4.78 is 0. The first kappa shape index (κ1) is 12.3. The lowest BCUT2D eigenvalue weighted by atomic mass is 10.2. The molecule has 0 unspecified atom stereocenters. The van der Waals surface area contributed by atoms with Gasteiger partial charge in [-0.1, -0.05) is 0 Å². The number of H-pyrrole nitrogens is 1. The highest BCUT2D eigenvalue weighted by atomic mass is 16.1. The van der Waals surface area contributed by atoms with Gasteiger partial charge >= 0.3 is 0 Å². The fourth-order valence-corrected chi connectivity index (χ4v) is 1.94. The molecule has 0 aliphatic heterocycles. The van der Waals surface area contributed by atoms with Crippen molar-refractivity contribution < 1.29 is 4.79 Å². The smallest absolute Gasteiger partial charge is 0.251 e. The van der Waals surface area contributed by atoms with Crippen molar-refractivity contribution in [3.63, 3.8) is 0 Å². The molecule has 0 saturated carbocycles. The lowest BCUT2D eigenvalue weighted by molar-refractivity contribution is 0.0954. The molecular formula is C14H13N5O. The van der Waals surface area contributed by atoms with E-state index in [9.17, 15) is 4.79 Å². The van der Waals surface area contributed by atoms with E-state index in [1.807, 2.05) is 0 Å². The second-order valence-electron chi connectivity index (χ2n) is 4.30. The van der Waals surface area contributed by atoms with Crippen LogP contribution in [0.2, 0.25) is 0 Å². The van der Waals surface area contributed by atoms with Crippen LogP contribution in [0.4, 0.5) is 0 Å². The molecule has 100 valence electrons. The number of nitrogens with zero attached hydrogens (tertiary/aromatic N) is 3. The summed E-state index contributed by atoms with van der Waals surface area (Å²) in [4.78, 5) is 27.5. The third kappa shape index (κ3) is 2.64. The molecule has 6 nitrogen and oxygen atoms in total. The molecule has 0 spiro atoms. The van der Waals surface area contributed by atoms with Crippen LogP contribution < -0.4 is 5.32 Å². The van der Waals surface area contributed by atoms with Crippen LogP contribution in [0.15, 0.2) is 43.0 Å². The molecule has 3 aromatic rings. The highest BCUT2D eigenvalue weighted by molar-refractivity contribution is 5.97. The predicted octanol–water partition coefficient (Wildman–Crippen LogP) is 1.33. The molecule has 1 aromatic carbocycles. The van der Waals surface area contributed by atoms with E-state index in [4.69, 9.17) is 0 Å². The maximum absolute atomic E-state index is 12.0. The van der Waals surface area contributed by atoms with Gasteiger partial charge in [-0.05, 0) is 18.2 Å². The molecule has 2 N–H and O–H groups in total. The van der Waals surface area contributed by atoms with Crippen molar-refractivity contribution in [2.45, 2.75) is 6.42 Å². The van der Waals surface area contributed by atoms with E-state index in [0.717, 1.165) is 11.3 Å². The van der Waals surface area contributed by atoms with Gasteiger partial charge in [0.2, 0.25) is 0 Å². The number of fused-ring (bicyclic) bond motifs is 1. The van der Waals surface area contributed by atoms with Crippen molar-refractivity contribution in [1.82, 2.24) is 25.3 Å². The van der Waals surface area contributed by atoms with Gasteiger partial charge in [0.05, 0.1) is 11.0 Å². The van der Waals surface area contributed by atoms with Crippen molar-refractivity contribution in [2.24, 2.45) is 0 Å². The lowest BCUT2D eigenvalue weighted by Gasteiger charge is -2.05. The molecule has 0 bridgehead atoms. The van der Waals surface area contributed by atoms with Crippen molar-refractivity contribution in [1.29, 1.82) is 0 Å². The van der Waals surface area contributed by atoms with E-state index >= 15 is 0 Å². The Bertz CT molecular complexity index is 723. The highest BCUT2D eigenvalue weighted by Gasteiger charge is 2.07. The maximum Gasteiger partial charge on any atom is 0.251 e. The standard InChI is InChI=1S/C14H13N5O/c20-14(19-4-3-13-17-7-8-18-13)10-1-2-11-12(9-10)16-6-5-15-11/h1-2,5-9H,3-4H2,(H,17,18)(H,19,20). The number of hydrogen-bond acceptors (Lipinski definition) is 4. The fourth-order valence-electron chi connectivity index (χ4n) is 1.94. The summed E-state index contributed by atoms with van der Waals surface area (Å²) in [6.07, 6.45) is 7.37. The van der Waals surface area contributed by atoms with Crippen molar-refractivity contribution >= 4 is 16.9 Å². The number of carbonyl (C=O) groups excluding carboxylic acids is 1. The molecule has 0 radical (unpaired) electrons. The summed E-state index contributed by atoms with van der Waals surface area (Å²) in [5.74, 6) is 0.735. The summed E-state index contributed by atoms with van der Waals surface area (Å²) in [5.41, 5.74) is 2.07. The topological polar surface area (TPSA) is 83.6 Å². The Morgan fingerprint density at radius 2 is 1.95 bits per heavy atom. The van der Waals surface area contributed by atoms with E-state index in [2.05, 4.69) is 25.3 Å². The Hall–Kier alpha value is -2.76. The monoisotopic (exact) mass is 267 g/mol. The van der Waals surface area contributed by atoms with E-state index in [-0.39, 0.29) is 5.91 Å². The molecular weight excluding hydrogens is 254 g/mol. The molecule has 0 aliphatic carbocycles. The van der Waals surface area contributed by atoms with Gasteiger partial charge in [0.15, 0.2) is 0 Å². The van der Waals surface area contributed by atoms with Gasteiger partial charge in [0, 0.05) is 43.3 Å². The number of benzene rings is 1. The predicted molar refractivity (Wildman–Crippen MR) is 74.2 cm³/mol. The molecule has 20 heavy (non-hydrogen) atoms. The van der Waals surface area contributed by atoms with Gasteiger partial charge in [0.25, 0.3) is 5.91 Å². The summed E-state index contributed by atoms with van der Waals surface area (Å²) in [6.45, 7) is 0.533. The molecule has 0 saturated heterocycles. The van der Waals surface area contributed by atoms with Crippen molar-refractivity contribution in [3.8, 4) is 0 Å².